The second-order valence-electron chi connectivity index (χ2n) is 5.09. The first-order valence-corrected chi connectivity index (χ1v) is 7.28. The Bertz CT molecular complexity index is 511. The molecule has 1 fully saturated rings. The van der Waals surface area contributed by atoms with Gasteiger partial charge in [0.1, 0.15) is 11.9 Å². The molecule has 0 saturated carbocycles. The first kappa shape index (κ1) is 14.5. The van der Waals surface area contributed by atoms with E-state index < -0.39 is 0 Å². The monoisotopic (exact) mass is 326 g/mol. The predicted octanol–water partition coefficient (Wildman–Crippen LogP) is 3.82. The van der Waals surface area contributed by atoms with Crippen molar-refractivity contribution >= 4 is 21.7 Å². The fourth-order valence-corrected chi connectivity index (χ4v) is 3.11. The summed E-state index contributed by atoms with van der Waals surface area (Å²) in [6.45, 7) is 5.87. The highest BCUT2D eigenvalue weighted by Gasteiger charge is 2.32. The van der Waals surface area contributed by atoms with Crippen LogP contribution in [0, 0.1) is 13.8 Å². The molecule has 1 heterocycles. The number of methoxy groups -OCH3 is 1. The molecule has 1 saturated heterocycles. The minimum Gasteiger partial charge on any atom is -0.496 e. The van der Waals surface area contributed by atoms with Crippen molar-refractivity contribution in [1.82, 2.24) is 0 Å². The summed E-state index contributed by atoms with van der Waals surface area (Å²) in [5, 5.41) is 0. The quantitative estimate of drug-likeness (QED) is 0.792. The van der Waals surface area contributed by atoms with Crippen LogP contribution >= 0.6 is 15.9 Å². The van der Waals surface area contributed by atoms with E-state index in [1.165, 1.54) is 0 Å². The van der Waals surface area contributed by atoms with Crippen LogP contribution < -0.4 is 4.74 Å². The van der Waals surface area contributed by atoms with Crippen molar-refractivity contribution < 1.29 is 14.3 Å². The van der Waals surface area contributed by atoms with Gasteiger partial charge in [0.05, 0.1) is 18.8 Å². The molecular weight excluding hydrogens is 308 g/mol. The number of hydrogen-bond donors (Lipinski definition) is 0. The Labute approximate surface area is 122 Å². The summed E-state index contributed by atoms with van der Waals surface area (Å²) in [4.78, 5) is 12.7. The zero-order valence-electron chi connectivity index (χ0n) is 11.7. The standard InChI is InChI=1S/C15H19BrO3/c1-8-7-11(16)10(3)13(15(8)18-4)14(17)12-6-5-9(2)19-12/h7,9,12H,5-6H2,1-4H3. The van der Waals surface area contributed by atoms with E-state index in [1.807, 2.05) is 26.8 Å². The molecule has 0 N–H and O–H groups in total. The number of benzene rings is 1. The van der Waals surface area contributed by atoms with Crippen molar-refractivity contribution in [1.29, 1.82) is 0 Å². The van der Waals surface area contributed by atoms with Gasteiger partial charge in [-0.25, -0.2) is 0 Å². The van der Waals surface area contributed by atoms with Crippen molar-refractivity contribution in [2.75, 3.05) is 7.11 Å². The summed E-state index contributed by atoms with van der Waals surface area (Å²) in [7, 11) is 1.60. The van der Waals surface area contributed by atoms with E-state index in [4.69, 9.17) is 9.47 Å². The first-order valence-electron chi connectivity index (χ1n) is 6.49. The van der Waals surface area contributed by atoms with Gasteiger partial charge in [-0.1, -0.05) is 15.9 Å². The molecule has 1 aliphatic rings. The van der Waals surface area contributed by atoms with Crippen LogP contribution in [0.2, 0.25) is 0 Å². The van der Waals surface area contributed by atoms with Gasteiger partial charge < -0.3 is 9.47 Å². The van der Waals surface area contributed by atoms with E-state index in [1.54, 1.807) is 7.11 Å². The Balaban J connectivity index is 2.46. The van der Waals surface area contributed by atoms with E-state index in [9.17, 15) is 4.79 Å². The van der Waals surface area contributed by atoms with Crippen LogP contribution in [0.15, 0.2) is 10.5 Å². The summed E-state index contributed by atoms with van der Waals surface area (Å²) >= 11 is 3.50. The molecule has 1 aliphatic heterocycles. The molecule has 3 nitrogen and oxygen atoms in total. The first-order chi connectivity index (χ1) is 8.95. The zero-order valence-corrected chi connectivity index (χ0v) is 13.3. The molecule has 0 radical (unpaired) electrons. The Morgan fingerprint density at radius 3 is 2.63 bits per heavy atom. The number of ketones is 1. The van der Waals surface area contributed by atoms with Gasteiger partial charge in [0.25, 0.3) is 0 Å². The minimum atomic E-state index is -0.337. The van der Waals surface area contributed by atoms with Gasteiger partial charge in [-0.05, 0) is 50.8 Å². The SMILES string of the molecule is COc1c(C)cc(Br)c(C)c1C(=O)C1CCC(C)O1. The zero-order chi connectivity index (χ0) is 14.2. The molecule has 4 heteroatoms. The smallest absolute Gasteiger partial charge is 0.195 e. The highest BCUT2D eigenvalue weighted by molar-refractivity contribution is 9.10. The Morgan fingerprint density at radius 1 is 1.42 bits per heavy atom. The van der Waals surface area contributed by atoms with E-state index in [-0.39, 0.29) is 18.0 Å². The molecule has 0 aliphatic carbocycles. The second kappa shape index (κ2) is 5.63. The molecule has 2 atom stereocenters. The lowest BCUT2D eigenvalue weighted by molar-refractivity contribution is 0.0430. The van der Waals surface area contributed by atoms with Crippen LogP contribution in [0.5, 0.6) is 5.75 Å². The summed E-state index contributed by atoms with van der Waals surface area (Å²) < 4.78 is 12.0. The van der Waals surface area contributed by atoms with Crippen LogP contribution in [0.1, 0.15) is 41.3 Å². The lowest BCUT2D eigenvalue weighted by atomic mass is 9.96. The van der Waals surface area contributed by atoms with Gasteiger partial charge in [-0.15, -0.1) is 0 Å². The normalized spacial score (nSPS) is 22.6. The molecule has 2 unspecified atom stereocenters. The second-order valence-corrected chi connectivity index (χ2v) is 5.94. The fourth-order valence-electron chi connectivity index (χ4n) is 2.57. The number of rotatable bonds is 3. The summed E-state index contributed by atoms with van der Waals surface area (Å²) in [5.74, 6) is 0.692. The molecular formula is C15H19BrO3. The van der Waals surface area contributed by atoms with Crippen LogP contribution in [0.4, 0.5) is 0 Å². The van der Waals surface area contributed by atoms with Crippen LogP contribution in [-0.4, -0.2) is 25.1 Å². The third kappa shape index (κ3) is 2.70. The van der Waals surface area contributed by atoms with Gasteiger partial charge in [0, 0.05) is 4.47 Å². The third-order valence-corrected chi connectivity index (χ3v) is 4.46. The van der Waals surface area contributed by atoms with E-state index >= 15 is 0 Å². The molecule has 1 aromatic carbocycles. The number of carbonyl (C=O) groups excluding carboxylic acids is 1. The maximum Gasteiger partial charge on any atom is 0.195 e. The lowest BCUT2D eigenvalue weighted by Crippen LogP contribution is -2.22. The molecule has 104 valence electrons. The van der Waals surface area contributed by atoms with E-state index in [0.29, 0.717) is 11.3 Å². The number of halogens is 1. The van der Waals surface area contributed by atoms with Crippen molar-refractivity contribution in [3.8, 4) is 5.75 Å². The molecule has 1 aromatic rings. The molecule has 0 bridgehead atoms. The molecule has 0 amide bonds. The molecule has 19 heavy (non-hydrogen) atoms. The highest BCUT2D eigenvalue weighted by Crippen LogP contribution is 2.35. The number of carbonyl (C=O) groups is 1. The Morgan fingerprint density at radius 2 is 2.11 bits per heavy atom. The highest BCUT2D eigenvalue weighted by atomic mass is 79.9. The van der Waals surface area contributed by atoms with Gasteiger partial charge in [-0.2, -0.15) is 0 Å². The molecule has 2 rings (SSSR count). The van der Waals surface area contributed by atoms with Crippen LogP contribution in [0.25, 0.3) is 0 Å². The van der Waals surface area contributed by atoms with Gasteiger partial charge in [-0.3, -0.25) is 4.79 Å². The minimum absolute atomic E-state index is 0.0306. The molecule has 0 spiro atoms. The topological polar surface area (TPSA) is 35.5 Å². The Kier molecular flexibility index (Phi) is 4.31. The maximum absolute atomic E-state index is 12.7. The molecule has 0 aromatic heterocycles. The van der Waals surface area contributed by atoms with Crippen molar-refractivity contribution in [3.05, 3.63) is 27.2 Å². The van der Waals surface area contributed by atoms with Gasteiger partial charge in [0.15, 0.2) is 5.78 Å². The predicted molar refractivity (Wildman–Crippen MR) is 78.1 cm³/mol. The van der Waals surface area contributed by atoms with Crippen LogP contribution in [0.3, 0.4) is 0 Å². The van der Waals surface area contributed by atoms with Crippen molar-refractivity contribution in [3.63, 3.8) is 0 Å². The summed E-state index contributed by atoms with van der Waals surface area (Å²) in [5.41, 5.74) is 2.51. The Hall–Kier alpha value is -0.870. The maximum atomic E-state index is 12.7. The number of ether oxygens (including phenoxy) is 2. The van der Waals surface area contributed by atoms with E-state index in [2.05, 4.69) is 15.9 Å². The third-order valence-electron chi connectivity index (χ3n) is 3.64. The number of Topliss-reactive ketones (excluding diaryl/α,β-unsaturated/α-hetero) is 1. The van der Waals surface area contributed by atoms with E-state index in [0.717, 1.165) is 28.4 Å². The van der Waals surface area contributed by atoms with Gasteiger partial charge >= 0.3 is 0 Å². The average Bonchev–Trinajstić information content (AvgIpc) is 2.79. The number of aryl methyl sites for hydroxylation is 1. The lowest BCUT2D eigenvalue weighted by Gasteiger charge is -2.18. The fraction of sp³-hybridized carbons (Fsp3) is 0.533. The van der Waals surface area contributed by atoms with Gasteiger partial charge in [0.2, 0.25) is 0 Å². The average molecular weight is 327 g/mol. The summed E-state index contributed by atoms with van der Waals surface area (Å²) in [6.07, 6.45) is 1.55. The summed E-state index contributed by atoms with van der Waals surface area (Å²) in [6, 6.07) is 1.98. The van der Waals surface area contributed by atoms with Crippen molar-refractivity contribution in [2.45, 2.75) is 45.8 Å². The van der Waals surface area contributed by atoms with Crippen molar-refractivity contribution in [2.24, 2.45) is 0 Å². The number of hydrogen-bond acceptors (Lipinski definition) is 3. The largest absolute Gasteiger partial charge is 0.496 e. The van der Waals surface area contributed by atoms with Crippen LogP contribution in [-0.2, 0) is 4.74 Å².